The van der Waals surface area contributed by atoms with Crippen LogP contribution in [0.5, 0.6) is 0 Å². The summed E-state index contributed by atoms with van der Waals surface area (Å²) in [5.41, 5.74) is -5.40. The van der Waals surface area contributed by atoms with E-state index in [1.807, 2.05) is 30.7 Å². The number of hydrogen-bond donors (Lipinski definition) is 12. The Kier molecular flexibility index (Phi) is 23.6. The van der Waals surface area contributed by atoms with E-state index in [1.165, 1.54) is 78.5 Å². The Morgan fingerprint density at radius 3 is 1.49 bits per heavy atom. The van der Waals surface area contributed by atoms with Crippen molar-refractivity contribution in [3.63, 3.8) is 0 Å². The minimum Gasteiger partial charge on any atom is -0.314 e. The highest BCUT2D eigenvalue weighted by Crippen LogP contribution is 1.86. The molecule has 70 heavy (non-hydrogen) atoms. The molecule has 7 aromatic rings. The largest absolute Gasteiger partial charge is 0.350 e. The molecule has 0 atom stereocenters. The summed E-state index contributed by atoms with van der Waals surface area (Å²) in [5, 5.41) is 9.01. The molecule has 0 radical (unpaired) electrons. The van der Waals surface area contributed by atoms with Crippen LogP contribution < -0.4 is 89.5 Å². The molecule has 0 saturated carbocycles. The Bertz CT molecular complexity index is 3380. The molecule has 8 rings (SSSR count). The van der Waals surface area contributed by atoms with Crippen LogP contribution in [0.1, 0.15) is 12.0 Å². The number of aryl methyl sites for hydroxylation is 3. The second kappa shape index (κ2) is 28.9. The minimum atomic E-state index is -0.740. The van der Waals surface area contributed by atoms with Crippen molar-refractivity contribution >= 4 is 17.8 Å². The standard InChI is InChI=1S/C6H8N2O2.3C5H6N2O2.C4H4N2O3.C4H4N2O2.2C3H3N3O2/c1-7-4-3-5(9)8(2)6(7)10;1-7-3-2-4(8)6-5(7)9;1-7-4(8)2-3-6-5(7)9;1-3-2-6-5(9)7-4(3)8;7-2-1-3(8)6-4(9)5-2;7-3-1-2-5-4(8)6-3;7-2-4-1-5-3(8)6-2;7-2-1-4-6-3(8)5-2/h3-4H,1-2H3;2-3H,1H3,(H,6,8,9);2-3H,1H3,(H,6,9);2H,1H3,(H2,6,7,8,9);1H2,(H2,5,6,7,8,9);1-2H,(H2,5,6,7,8);1H,(H2,4,5,6,7,8);1H,(H2,5,6,7,8). The first-order valence-corrected chi connectivity index (χ1v) is 18.5. The lowest BCUT2D eigenvalue weighted by Gasteiger charge is -2.09. The molecular formula is C35H40N18O17. The maximum absolute atomic E-state index is 10.9. The van der Waals surface area contributed by atoms with Gasteiger partial charge in [-0.05, 0) is 6.92 Å². The molecule has 0 unspecified atom stereocenters. The number of nitrogens with zero attached hydrogens (tertiary/aromatic N) is 6. The van der Waals surface area contributed by atoms with E-state index in [0.29, 0.717) is 5.56 Å². The van der Waals surface area contributed by atoms with Crippen molar-refractivity contribution in [2.75, 3.05) is 0 Å². The fraction of sp³-hybridized carbons (Fsp3) is 0.171. The number of rotatable bonds is 0. The van der Waals surface area contributed by atoms with Gasteiger partial charge in [0.2, 0.25) is 11.8 Å². The van der Waals surface area contributed by atoms with Gasteiger partial charge in [-0.1, -0.05) is 0 Å². The number of H-pyrrole nitrogens is 10. The maximum atomic E-state index is 10.9. The zero-order valence-corrected chi connectivity index (χ0v) is 36.7. The number of hydrogen-bond acceptors (Lipinski definition) is 19. The van der Waals surface area contributed by atoms with E-state index >= 15 is 0 Å². The summed E-state index contributed by atoms with van der Waals surface area (Å²) in [5.74, 6) is -1.10. The SMILES string of the molecule is Cc1c[nH]c(=O)[nH]c1=O.Cn1c(=O)cc[nH]c1=O.Cn1ccc(=O)[nH]c1=O.Cn1ccc(=O)n(C)c1=O.O=C1CC(=O)NC(=O)N1.O=c1cc[nH]c(=O)[nH]1.O=c1cn[nH]c(=O)[nH]1.O=c1nc[nH]c(=O)[nH]1. The fourth-order valence-electron chi connectivity index (χ4n) is 3.67. The van der Waals surface area contributed by atoms with E-state index < -0.39 is 51.9 Å². The highest BCUT2D eigenvalue weighted by molar-refractivity contribution is 6.14. The van der Waals surface area contributed by atoms with Crippen molar-refractivity contribution in [2.24, 2.45) is 28.2 Å². The van der Waals surface area contributed by atoms with Gasteiger partial charge in [0.1, 0.15) is 18.9 Å². The number of carbonyl (C=O) groups is 3. The number of aromatic amines is 10. The van der Waals surface area contributed by atoms with E-state index in [-0.39, 0.29) is 51.3 Å². The molecule has 1 aliphatic heterocycles. The van der Waals surface area contributed by atoms with Gasteiger partial charge in [-0.15, -0.1) is 0 Å². The van der Waals surface area contributed by atoms with Crippen LogP contribution in [0.4, 0.5) is 4.79 Å². The van der Waals surface area contributed by atoms with Crippen LogP contribution in [-0.4, -0.2) is 96.2 Å². The summed E-state index contributed by atoms with van der Waals surface area (Å²) < 4.78 is 4.70. The number of nitrogens with one attached hydrogen (secondary N) is 12. The van der Waals surface area contributed by atoms with Gasteiger partial charge in [-0.3, -0.25) is 88.0 Å². The van der Waals surface area contributed by atoms with Crippen LogP contribution in [0.15, 0.2) is 135 Å². The highest BCUT2D eigenvalue weighted by Gasteiger charge is 2.20. The van der Waals surface area contributed by atoms with Gasteiger partial charge < -0.3 is 24.1 Å². The summed E-state index contributed by atoms with van der Waals surface area (Å²) >= 11 is 0. The van der Waals surface area contributed by atoms with Crippen molar-refractivity contribution in [3.8, 4) is 0 Å². The number of barbiturate groups is 1. The first kappa shape index (κ1) is 57.2. The lowest BCUT2D eigenvalue weighted by Crippen LogP contribution is -2.49. The Morgan fingerprint density at radius 2 is 1.07 bits per heavy atom. The Morgan fingerprint density at radius 1 is 0.514 bits per heavy atom. The highest BCUT2D eigenvalue weighted by atomic mass is 16.2. The molecule has 12 N–H and O–H groups in total. The van der Waals surface area contributed by atoms with Crippen molar-refractivity contribution in [2.45, 2.75) is 13.3 Å². The second-order valence-corrected chi connectivity index (χ2v) is 12.5. The Labute approximate surface area is 381 Å². The van der Waals surface area contributed by atoms with Gasteiger partial charge in [-0.2, -0.15) is 10.1 Å². The Balaban J connectivity index is 0.000000400. The second-order valence-electron chi connectivity index (χ2n) is 12.5. The topological polar surface area (TPSA) is 518 Å². The molecule has 35 heteroatoms. The summed E-state index contributed by atoms with van der Waals surface area (Å²) in [7, 11) is 6.03. The van der Waals surface area contributed by atoms with E-state index in [2.05, 4.69) is 40.0 Å². The molecule has 7 aromatic heterocycles. The average molecular weight is 985 g/mol. The molecule has 1 fully saturated rings. The molecular weight excluding hydrogens is 944 g/mol. The number of urea groups is 1. The van der Waals surface area contributed by atoms with Crippen LogP contribution in [0, 0.1) is 6.92 Å². The minimum absolute atomic E-state index is 0.258. The van der Waals surface area contributed by atoms with E-state index in [0.717, 1.165) is 21.7 Å². The molecule has 1 aliphatic rings. The third kappa shape index (κ3) is 23.2. The molecule has 8 heterocycles. The monoisotopic (exact) mass is 984 g/mol. The normalized spacial score (nSPS) is 10.6. The van der Waals surface area contributed by atoms with Crippen molar-refractivity contribution in [1.29, 1.82) is 0 Å². The summed E-state index contributed by atoms with van der Waals surface area (Å²) in [6.07, 6.45) is 8.63. The van der Waals surface area contributed by atoms with E-state index in [9.17, 15) is 81.5 Å². The molecule has 1 saturated heterocycles. The van der Waals surface area contributed by atoms with Gasteiger partial charge in [0.25, 0.3) is 33.4 Å². The van der Waals surface area contributed by atoms with Gasteiger partial charge >= 0.3 is 51.5 Å². The number of imide groups is 2. The predicted molar refractivity (Wildman–Crippen MR) is 239 cm³/mol. The van der Waals surface area contributed by atoms with Crippen molar-refractivity contribution in [3.05, 3.63) is 219 Å². The molecule has 4 amide bonds. The molecule has 35 nitrogen and oxygen atoms in total. The van der Waals surface area contributed by atoms with E-state index in [4.69, 9.17) is 0 Å². The first-order valence-electron chi connectivity index (χ1n) is 18.5. The number of carbonyl (C=O) groups excluding carboxylic acids is 3. The fourth-order valence-corrected chi connectivity index (χ4v) is 3.67. The van der Waals surface area contributed by atoms with Gasteiger partial charge in [0, 0.05) is 89.0 Å². The molecule has 0 aromatic carbocycles. The van der Waals surface area contributed by atoms with Crippen LogP contribution in [0.2, 0.25) is 0 Å². The van der Waals surface area contributed by atoms with E-state index in [1.54, 1.807) is 21.0 Å². The third-order valence-corrected chi connectivity index (χ3v) is 7.13. The summed E-state index contributed by atoms with van der Waals surface area (Å²) in [6, 6.07) is 4.43. The lowest BCUT2D eigenvalue weighted by atomic mass is 10.3. The van der Waals surface area contributed by atoms with Gasteiger partial charge in [-0.25, -0.2) is 48.2 Å². The zero-order valence-electron chi connectivity index (χ0n) is 36.7. The summed E-state index contributed by atoms with van der Waals surface area (Å²) in [6.45, 7) is 1.62. The smallest absolute Gasteiger partial charge is 0.314 e. The zero-order chi connectivity index (χ0) is 53.1. The third-order valence-electron chi connectivity index (χ3n) is 7.13. The molecule has 372 valence electrons. The van der Waals surface area contributed by atoms with Crippen LogP contribution in [0.25, 0.3) is 0 Å². The molecule has 0 aliphatic carbocycles. The van der Waals surface area contributed by atoms with Crippen LogP contribution in [-0.2, 0) is 37.8 Å². The quantitative estimate of drug-likeness (QED) is 0.0628. The molecule has 0 bridgehead atoms. The predicted octanol–water partition coefficient (Wildman–Crippen LogP) is -8.68. The lowest BCUT2D eigenvalue weighted by molar-refractivity contribution is -0.129. The number of aromatic nitrogens is 16. The van der Waals surface area contributed by atoms with Gasteiger partial charge in [0.15, 0.2) is 0 Å². The summed E-state index contributed by atoms with van der Waals surface area (Å²) in [4.78, 5) is 199. The van der Waals surface area contributed by atoms with Crippen molar-refractivity contribution < 1.29 is 14.4 Å². The van der Waals surface area contributed by atoms with Crippen LogP contribution in [0.3, 0.4) is 0 Å². The van der Waals surface area contributed by atoms with Crippen LogP contribution >= 0.6 is 0 Å². The van der Waals surface area contributed by atoms with Gasteiger partial charge in [0.05, 0.1) is 0 Å². The maximum Gasteiger partial charge on any atom is 0.350 e. The van der Waals surface area contributed by atoms with Crippen molar-refractivity contribution in [1.82, 2.24) is 88.9 Å². The first-order chi connectivity index (χ1) is 32.8. The number of amides is 4. The average Bonchev–Trinajstić information content (AvgIpc) is 3.27. The Hall–Kier alpha value is -10.8. The molecule has 0 spiro atoms.